The lowest BCUT2D eigenvalue weighted by Gasteiger charge is -2.10. The fourth-order valence-electron chi connectivity index (χ4n) is 2.07. The third-order valence-electron chi connectivity index (χ3n) is 3.39. The van der Waals surface area contributed by atoms with E-state index in [2.05, 4.69) is 4.98 Å². The Hall–Kier alpha value is -2.81. The number of carboxylic acids is 1. The normalized spacial score (nSPS) is 12.8. The Morgan fingerprint density at radius 1 is 1.15 bits per heavy atom. The number of hydrogen-bond donors (Lipinski definition) is 1. The largest absolute Gasteiger partial charge is 0.479 e. The molecule has 1 N–H and O–H groups in total. The molecular weight excluding hydrogens is 371 g/mol. The number of halogens is 3. The van der Waals surface area contributed by atoms with Crippen LogP contribution < -0.4 is 9.47 Å². The van der Waals surface area contributed by atoms with E-state index in [-0.39, 0.29) is 5.19 Å². The smallest absolute Gasteiger partial charge is 0.416 e. The summed E-state index contributed by atoms with van der Waals surface area (Å²) >= 11 is 0.999. The lowest BCUT2D eigenvalue weighted by molar-refractivity contribution is -0.144. The maximum atomic E-state index is 12.8. The predicted octanol–water partition coefficient (Wildman–Crippen LogP) is 4.96. The van der Waals surface area contributed by atoms with Gasteiger partial charge in [0.2, 0.25) is 0 Å². The predicted molar refractivity (Wildman–Crippen MR) is 88.9 cm³/mol. The molecule has 0 radical (unpaired) electrons. The summed E-state index contributed by atoms with van der Waals surface area (Å²) in [5.41, 5.74) is -0.331. The van der Waals surface area contributed by atoms with Crippen LogP contribution in [0.3, 0.4) is 0 Å². The van der Waals surface area contributed by atoms with Gasteiger partial charge in [-0.15, -0.1) is 0 Å². The Morgan fingerprint density at radius 3 is 2.42 bits per heavy atom. The number of ether oxygens (including phenoxy) is 2. The van der Waals surface area contributed by atoms with E-state index < -0.39 is 23.8 Å². The van der Waals surface area contributed by atoms with Crippen LogP contribution in [0, 0.1) is 0 Å². The van der Waals surface area contributed by atoms with E-state index >= 15 is 0 Å². The fourth-order valence-corrected chi connectivity index (χ4v) is 2.94. The highest BCUT2D eigenvalue weighted by atomic mass is 32.1. The standard InChI is InChI=1S/C17H12F3NO4S/c1-9(15(22)23)24-11-3-5-12(6-4-11)25-16-21-13-7-2-10(17(18,19)20)8-14(13)26-16/h2-9H,1H3,(H,22,23). The Bertz CT molecular complexity index is 937. The van der Waals surface area contributed by atoms with E-state index in [0.29, 0.717) is 21.7 Å². The van der Waals surface area contributed by atoms with Gasteiger partial charge < -0.3 is 14.6 Å². The van der Waals surface area contributed by atoms with Crippen LogP contribution in [0.1, 0.15) is 12.5 Å². The number of benzene rings is 2. The zero-order chi connectivity index (χ0) is 18.9. The number of hydrogen-bond acceptors (Lipinski definition) is 5. The van der Waals surface area contributed by atoms with E-state index in [9.17, 15) is 18.0 Å². The molecule has 1 atom stereocenters. The van der Waals surface area contributed by atoms with Gasteiger partial charge in [0, 0.05) is 0 Å². The minimum atomic E-state index is -4.41. The van der Waals surface area contributed by atoms with Gasteiger partial charge in [-0.05, 0) is 49.4 Å². The number of nitrogens with zero attached hydrogens (tertiary/aromatic N) is 1. The molecule has 0 saturated carbocycles. The highest BCUT2D eigenvalue weighted by molar-refractivity contribution is 7.20. The van der Waals surface area contributed by atoms with Crippen LogP contribution in [-0.2, 0) is 11.0 Å². The van der Waals surface area contributed by atoms with E-state index in [4.69, 9.17) is 14.6 Å². The van der Waals surface area contributed by atoms with Crippen molar-refractivity contribution >= 4 is 27.5 Å². The summed E-state index contributed by atoms with van der Waals surface area (Å²) in [5, 5.41) is 9.01. The van der Waals surface area contributed by atoms with Gasteiger partial charge in [-0.25, -0.2) is 9.78 Å². The van der Waals surface area contributed by atoms with E-state index in [1.807, 2.05) is 0 Å². The molecule has 1 unspecified atom stereocenters. The van der Waals surface area contributed by atoms with E-state index in [1.54, 1.807) is 12.1 Å². The van der Waals surface area contributed by atoms with Crippen LogP contribution in [0.25, 0.3) is 10.2 Å². The molecule has 0 aliphatic heterocycles. The average molecular weight is 383 g/mol. The van der Waals surface area contributed by atoms with E-state index in [1.165, 1.54) is 25.1 Å². The summed E-state index contributed by atoms with van der Waals surface area (Å²) in [6, 6.07) is 9.47. The number of aliphatic carboxylic acids is 1. The topological polar surface area (TPSA) is 68.7 Å². The maximum absolute atomic E-state index is 12.8. The van der Waals surface area contributed by atoms with Gasteiger partial charge in [0.1, 0.15) is 11.5 Å². The zero-order valence-electron chi connectivity index (χ0n) is 13.3. The molecule has 9 heteroatoms. The van der Waals surface area contributed by atoms with Crippen molar-refractivity contribution in [2.45, 2.75) is 19.2 Å². The second-order valence-electron chi connectivity index (χ2n) is 5.33. The van der Waals surface area contributed by atoms with Gasteiger partial charge in [0.05, 0.1) is 15.8 Å². The van der Waals surface area contributed by atoms with Crippen molar-refractivity contribution in [2.24, 2.45) is 0 Å². The molecule has 0 saturated heterocycles. The summed E-state index contributed by atoms with van der Waals surface area (Å²) in [7, 11) is 0. The van der Waals surface area contributed by atoms with Gasteiger partial charge >= 0.3 is 12.1 Å². The number of alkyl halides is 3. The highest BCUT2D eigenvalue weighted by Crippen LogP contribution is 2.36. The van der Waals surface area contributed by atoms with Crippen LogP contribution in [0.2, 0.25) is 0 Å². The molecule has 26 heavy (non-hydrogen) atoms. The number of aromatic nitrogens is 1. The molecule has 3 aromatic rings. The molecule has 1 heterocycles. The molecule has 3 rings (SSSR count). The molecule has 136 valence electrons. The maximum Gasteiger partial charge on any atom is 0.416 e. The van der Waals surface area contributed by atoms with Gasteiger partial charge in [-0.1, -0.05) is 11.3 Å². The van der Waals surface area contributed by atoms with Gasteiger partial charge in [0.25, 0.3) is 5.19 Å². The first-order valence-electron chi connectivity index (χ1n) is 7.37. The molecule has 0 aliphatic rings. The zero-order valence-corrected chi connectivity index (χ0v) is 14.1. The Kier molecular flexibility index (Phi) is 4.73. The Balaban J connectivity index is 1.75. The second-order valence-corrected chi connectivity index (χ2v) is 6.33. The van der Waals surface area contributed by atoms with Crippen LogP contribution in [0.15, 0.2) is 42.5 Å². The third-order valence-corrected chi connectivity index (χ3v) is 4.28. The number of thiazole rings is 1. The Labute approximate surface area is 149 Å². The quantitative estimate of drug-likeness (QED) is 0.674. The van der Waals surface area contributed by atoms with Crippen molar-refractivity contribution in [2.75, 3.05) is 0 Å². The van der Waals surface area contributed by atoms with Crippen molar-refractivity contribution in [3.8, 4) is 16.7 Å². The lowest BCUT2D eigenvalue weighted by Crippen LogP contribution is -2.22. The summed E-state index contributed by atoms with van der Waals surface area (Å²) in [5.74, 6) is -0.333. The molecule has 0 aliphatic carbocycles. The molecule has 0 spiro atoms. The highest BCUT2D eigenvalue weighted by Gasteiger charge is 2.30. The van der Waals surface area contributed by atoms with Gasteiger partial charge in [0.15, 0.2) is 6.10 Å². The summed E-state index contributed by atoms with van der Waals surface area (Å²) < 4.78 is 49.4. The first kappa shape index (κ1) is 18.0. The average Bonchev–Trinajstić information content (AvgIpc) is 2.97. The van der Waals surface area contributed by atoms with Crippen molar-refractivity contribution in [1.82, 2.24) is 4.98 Å². The first-order chi connectivity index (χ1) is 12.2. The Morgan fingerprint density at radius 2 is 1.81 bits per heavy atom. The number of fused-ring (bicyclic) bond motifs is 1. The molecule has 2 aromatic carbocycles. The van der Waals surface area contributed by atoms with E-state index in [0.717, 1.165) is 23.5 Å². The molecular formula is C17H12F3NO4S. The van der Waals surface area contributed by atoms with Crippen molar-refractivity contribution in [1.29, 1.82) is 0 Å². The van der Waals surface area contributed by atoms with Crippen molar-refractivity contribution in [3.05, 3.63) is 48.0 Å². The van der Waals surface area contributed by atoms with Crippen molar-refractivity contribution < 1.29 is 32.5 Å². The van der Waals surface area contributed by atoms with Crippen LogP contribution in [0.4, 0.5) is 13.2 Å². The molecule has 0 bridgehead atoms. The van der Waals surface area contributed by atoms with Crippen LogP contribution >= 0.6 is 11.3 Å². The minimum absolute atomic E-state index is 0.201. The molecule has 5 nitrogen and oxygen atoms in total. The second kappa shape index (κ2) is 6.83. The van der Waals surface area contributed by atoms with Gasteiger partial charge in [-0.3, -0.25) is 0 Å². The summed E-state index contributed by atoms with van der Waals surface area (Å²) in [4.78, 5) is 14.9. The molecule has 1 aromatic heterocycles. The minimum Gasteiger partial charge on any atom is -0.479 e. The number of carbonyl (C=O) groups is 1. The molecule has 0 amide bonds. The van der Waals surface area contributed by atoms with Crippen molar-refractivity contribution in [3.63, 3.8) is 0 Å². The SMILES string of the molecule is CC(Oc1ccc(Oc2nc3ccc(C(F)(F)F)cc3s2)cc1)C(=O)O. The number of rotatable bonds is 5. The fraction of sp³-hybridized carbons (Fsp3) is 0.176. The van der Waals surface area contributed by atoms with Crippen LogP contribution in [0.5, 0.6) is 16.7 Å². The first-order valence-corrected chi connectivity index (χ1v) is 8.19. The lowest BCUT2D eigenvalue weighted by atomic mass is 10.2. The summed E-state index contributed by atoms with van der Waals surface area (Å²) in [6.07, 6.45) is -5.41. The third kappa shape index (κ3) is 4.05. The summed E-state index contributed by atoms with van der Waals surface area (Å²) in [6.45, 7) is 1.41. The van der Waals surface area contributed by atoms with Crippen LogP contribution in [-0.4, -0.2) is 22.2 Å². The number of carboxylic acid groups (broad SMARTS) is 1. The monoisotopic (exact) mass is 383 g/mol. The molecule has 0 fully saturated rings. The van der Waals surface area contributed by atoms with Gasteiger partial charge in [-0.2, -0.15) is 13.2 Å².